The minimum atomic E-state index is -0.124. The van der Waals surface area contributed by atoms with Crippen LogP contribution in [0.5, 0.6) is 5.75 Å². The molecule has 0 radical (unpaired) electrons. The van der Waals surface area contributed by atoms with Gasteiger partial charge < -0.3 is 15.2 Å². The Bertz CT molecular complexity index is 474. The summed E-state index contributed by atoms with van der Waals surface area (Å²) in [6.07, 6.45) is 0.954. The lowest BCUT2D eigenvalue weighted by molar-refractivity contribution is 0.105. The Morgan fingerprint density at radius 2 is 2.19 bits per heavy atom. The molecule has 0 spiro atoms. The van der Waals surface area contributed by atoms with Gasteiger partial charge in [0.1, 0.15) is 11.4 Å². The van der Waals surface area contributed by atoms with Crippen molar-refractivity contribution in [3.63, 3.8) is 0 Å². The number of likely N-dealkylation sites (N-methyl/N-ethyl adjacent to an activating group) is 1. The van der Waals surface area contributed by atoms with E-state index in [-0.39, 0.29) is 11.6 Å². The highest BCUT2D eigenvalue weighted by Gasteiger charge is 2.33. The number of nitrogens with zero attached hydrogens (tertiary/aromatic N) is 1. The fraction of sp³-hybridized carbons (Fsp3) is 0.647. The molecule has 1 heterocycles. The average molecular weight is 292 g/mol. The lowest BCUT2D eigenvalue weighted by Gasteiger charge is -2.29. The highest BCUT2D eigenvalue weighted by molar-refractivity contribution is 5.47. The molecule has 2 rings (SSSR count). The second kappa shape index (κ2) is 6.77. The number of nitrogens with two attached hydrogens (primary N) is 1. The predicted molar refractivity (Wildman–Crippen MR) is 85.8 cm³/mol. The molecule has 1 aliphatic rings. The summed E-state index contributed by atoms with van der Waals surface area (Å²) < 4.78 is 11.6. The molecule has 4 nitrogen and oxygen atoms in total. The normalized spacial score (nSPS) is 17.6. The van der Waals surface area contributed by atoms with E-state index in [1.807, 2.05) is 6.92 Å². The minimum absolute atomic E-state index is 0.124. The monoisotopic (exact) mass is 292 g/mol. The Balaban J connectivity index is 2.18. The van der Waals surface area contributed by atoms with Crippen LogP contribution in [0.25, 0.3) is 0 Å². The zero-order chi connectivity index (χ0) is 15.5. The molecule has 0 bridgehead atoms. The van der Waals surface area contributed by atoms with Gasteiger partial charge in [-0.3, -0.25) is 4.90 Å². The first-order valence-electron chi connectivity index (χ1n) is 7.77. The molecule has 0 fully saturated rings. The molecule has 1 atom stereocenters. The summed E-state index contributed by atoms with van der Waals surface area (Å²) in [5.41, 5.74) is 8.39. The van der Waals surface area contributed by atoms with Crippen molar-refractivity contribution in [2.75, 3.05) is 33.4 Å². The zero-order valence-electron chi connectivity index (χ0n) is 13.7. The Morgan fingerprint density at radius 3 is 2.86 bits per heavy atom. The Kier molecular flexibility index (Phi) is 5.25. The molecule has 1 aromatic rings. The van der Waals surface area contributed by atoms with Gasteiger partial charge in [0.2, 0.25) is 0 Å². The maximum atomic E-state index is 6.17. The smallest absolute Gasteiger partial charge is 0.128 e. The predicted octanol–water partition coefficient (Wildman–Crippen LogP) is 2.37. The maximum absolute atomic E-state index is 6.17. The molecule has 1 unspecified atom stereocenters. The molecule has 1 aliphatic heterocycles. The van der Waals surface area contributed by atoms with Gasteiger partial charge in [-0.05, 0) is 33.4 Å². The van der Waals surface area contributed by atoms with Gasteiger partial charge in [0.25, 0.3) is 0 Å². The van der Waals surface area contributed by atoms with Crippen LogP contribution in [0.3, 0.4) is 0 Å². The topological polar surface area (TPSA) is 47.7 Å². The van der Waals surface area contributed by atoms with Crippen LogP contribution in [0, 0.1) is 0 Å². The summed E-state index contributed by atoms with van der Waals surface area (Å²) in [5, 5.41) is 0. The van der Waals surface area contributed by atoms with Gasteiger partial charge in [-0.2, -0.15) is 0 Å². The van der Waals surface area contributed by atoms with E-state index in [4.69, 9.17) is 15.2 Å². The molecule has 21 heavy (non-hydrogen) atoms. The van der Waals surface area contributed by atoms with Crippen LogP contribution < -0.4 is 10.5 Å². The van der Waals surface area contributed by atoms with E-state index in [1.165, 1.54) is 11.1 Å². The standard InChI is InChI=1S/C17H28N2O2/c1-5-20-10-9-19(4)15(12-18)14-8-6-7-13-11-17(2,3)21-16(13)14/h6-8,15H,5,9-12,18H2,1-4H3. The lowest BCUT2D eigenvalue weighted by atomic mass is 9.97. The SMILES string of the molecule is CCOCCN(C)C(CN)c1cccc2c1OC(C)(C)C2. The Morgan fingerprint density at radius 1 is 1.43 bits per heavy atom. The van der Waals surface area contributed by atoms with Gasteiger partial charge in [-0.25, -0.2) is 0 Å². The summed E-state index contributed by atoms with van der Waals surface area (Å²) >= 11 is 0. The van der Waals surface area contributed by atoms with Crippen LogP contribution in [-0.4, -0.2) is 43.9 Å². The highest BCUT2D eigenvalue weighted by atomic mass is 16.5. The van der Waals surface area contributed by atoms with Gasteiger partial charge >= 0.3 is 0 Å². The number of hydrogen-bond acceptors (Lipinski definition) is 4. The molecule has 4 heteroatoms. The van der Waals surface area contributed by atoms with Gasteiger partial charge in [0, 0.05) is 31.7 Å². The van der Waals surface area contributed by atoms with Crippen molar-refractivity contribution >= 4 is 0 Å². The fourth-order valence-corrected chi connectivity index (χ4v) is 2.95. The van der Waals surface area contributed by atoms with Crippen molar-refractivity contribution in [3.05, 3.63) is 29.3 Å². The van der Waals surface area contributed by atoms with Crippen LogP contribution in [0.1, 0.15) is 37.9 Å². The van der Waals surface area contributed by atoms with Crippen molar-refractivity contribution in [1.29, 1.82) is 0 Å². The number of rotatable bonds is 7. The first-order valence-corrected chi connectivity index (χ1v) is 7.77. The van der Waals surface area contributed by atoms with E-state index in [0.717, 1.165) is 31.9 Å². The van der Waals surface area contributed by atoms with E-state index < -0.39 is 0 Å². The molecular formula is C17H28N2O2. The number of ether oxygens (including phenoxy) is 2. The second-order valence-electron chi connectivity index (χ2n) is 6.30. The number of hydrogen-bond donors (Lipinski definition) is 1. The van der Waals surface area contributed by atoms with E-state index >= 15 is 0 Å². The molecule has 0 saturated carbocycles. The quantitative estimate of drug-likeness (QED) is 0.784. The van der Waals surface area contributed by atoms with Crippen molar-refractivity contribution in [2.24, 2.45) is 5.73 Å². The van der Waals surface area contributed by atoms with Gasteiger partial charge in [-0.15, -0.1) is 0 Å². The molecule has 0 aromatic heterocycles. The molecule has 0 saturated heterocycles. The van der Waals surface area contributed by atoms with Crippen LogP contribution in [-0.2, 0) is 11.2 Å². The first kappa shape index (κ1) is 16.3. The van der Waals surface area contributed by atoms with Crippen LogP contribution in [0.2, 0.25) is 0 Å². The Hall–Kier alpha value is -1.10. The summed E-state index contributed by atoms with van der Waals surface area (Å²) in [5.74, 6) is 1.03. The van der Waals surface area contributed by atoms with Crippen LogP contribution in [0.4, 0.5) is 0 Å². The minimum Gasteiger partial charge on any atom is -0.487 e. The summed E-state index contributed by atoms with van der Waals surface area (Å²) in [6.45, 7) is 9.19. The van der Waals surface area contributed by atoms with Crippen LogP contribution >= 0.6 is 0 Å². The molecule has 118 valence electrons. The van der Waals surface area contributed by atoms with Gasteiger partial charge in [0.15, 0.2) is 0 Å². The Labute approximate surface area is 128 Å². The highest BCUT2D eigenvalue weighted by Crippen LogP contribution is 2.40. The third-order valence-corrected chi connectivity index (χ3v) is 4.03. The lowest BCUT2D eigenvalue weighted by Crippen LogP contribution is -2.33. The van der Waals surface area contributed by atoms with Gasteiger partial charge in [-0.1, -0.05) is 18.2 Å². The zero-order valence-corrected chi connectivity index (χ0v) is 13.7. The first-order chi connectivity index (χ1) is 9.98. The number of para-hydroxylation sites is 1. The molecule has 0 amide bonds. The fourth-order valence-electron chi connectivity index (χ4n) is 2.95. The second-order valence-corrected chi connectivity index (χ2v) is 6.30. The largest absolute Gasteiger partial charge is 0.487 e. The number of fused-ring (bicyclic) bond motifs is 1. The van der Waals surface area contributed by atoms with Crippen LogP contribution in [0.15, 0.2) is 18.2 Å². The van der Waals surface area contributed by atoms with E-state index in [2.05, 4.69) is 44.0 Å². The average Bonchev–Trinajstić information content (AvgIpc) is 2.74. The van der Waals surface area contributed by atoms with Crippen molar-refractivity contribution in [1.82, 2.24) is 4.90 Å². The van der Waals surface area contributed by atoms with Crippen molar-refractivity contribution < 1.29 is 9.47 Å². The van der Waals surface area contributed by atoms with E-state index in [1.54, 1.807) is 0 Å². The third kappa shape index (κ3) is 3.76. The van der Waals surface area contributed by atoms with Gasteiger partial charge in [0.05, 0.1) is 12.6 Å². The molecule has 2 N–H and O–H groups in total. The summed E-state index contributed by atoms with van der Waals surface area (Å²) in [6, 6.07) is 6.56. The summed E-state index contributed by atoms with van der Waals surface area (Å²) in [7, 11) is 2.09. The maximum Gasteiger partial charge on any atom is 0.128 e. The summed E-state index contributed by atoms with van der Waals surface area (Å²) in [4.78, 5) is 2.25. The molecule has 0 aliphatic carbocycles. The van der Waals surface area contributed by atoms with E-state index in [0.29, 0.717) is 6.54 Å². The molecule has 1 aromatic carbocycles. The van der Waals surface area contributed by atoms with Crippen molar-refractivity contribution in [2.45, 2.75) is 38.8 Å². The number of benzene rings is 1. The van der Waals surface area contributed by atoms with E-state index in [9.17, 15) is 0 Å². The van der Waals surface area contributed by atoms with Crippen molar-refractivity contribution in [3.8, 4) is 5.75 Å². The molecular weight excluding hydrogens is 264 g/mol. The third-order valence-electron chi connectivity index (χ3n) is 4.03.